The van der Waals surface area contributed by atoms with Gasteiger partial charge in [0.2, 0.25) is 0 Å². The van der Waals surface area contributed by atoms with Crippen molar-refractivity contribution >= 4 is 38.9 Å². The summed E-state index contributed by atoms with van der Waals surface area (Å²) >= 11 is 0. The summed E-state index contributed by atoms with van der Waals surface area (Å²) in [5.41, 5.74) is 4.25. The lowest BCUT2D eigenvalue weighted by Crippen LogP contribution is -2.16. The minimum Gasteiger partial charge on any atom is -0.352 e. The zero-order valence-corrected chi connectivity index (χ0v) is 11.8. The van der Waals surface area contributed by atoms with Crippen molar-refractivity contribution in [3.05, 3.63) is 72.4 Å². The molecule has 5 rings (SSSR count). The number of nitrogens with one attached hydrogen (secondary N) is 2. The Morgan fingerprint density at radius 3 is 2.50 bits per heavy atom. The number of anilines is 1. The van der Waals surface area contributed by atoms with Crippen molar-refractivity contribution in [1.29, 1.82) is 0 Å². The number of fused-ring (bicyclic) bond motifs is 1. The van der Waals surface area contributed by atoms with E-state index < -0.39 is 0 Å². The lowest BCUT2D eigenvalue weighted by molar-refractivity contribution is 1.38. The van der Waals surface area contributed by atoms with Crippen LogP contribution in [0.4, 0.5) is 11.4 Å². The molecule has 0 fully saturated rings. The monoisotopic (exact) mass is 283 g/mol. The van der Waals surface area contributed by atoms with Crippen molar-refractivity contribution in [2.45, 2.75) is 0 Å². The van der Waals surface area contributed by atoms with Crippen molar-refractivity contribution < 1.29 is 0 Å². The molecule has 4 aromatic rings. The van der Waals surface area contributed by atoms with Crippen LogP contribution in [0.15, 0.2) is 71.7 Å². The quantitative estimate of drug-likeness (QED) is 0.516. The first-order valence-corrected chi connectivity index (χ1v) is 7.34. The van der Waals surface area contributed by atoms with E-state index in [2.05, 4.69) is 64.9 Å². The lowest BCUT2D eigenvalue weighted by Gasteiger charge is -2.18. The number of aromatic nitrogens is 1. The van der Waals surface area contributed by atoms with Crippen LogP contribution in [0.1, 0.15) is 5.69 Å². The molecule has 3 nitrogen and oxygen atoms in total. The van der Waals surface area contributed by atoms with E-state index in [1.54, 1.807) is 0 Å². The first kappa shape index (κ1) is 11.6. The third kappa shape index (κ3) is 1.59. The van der Waals surface area contributed by atoms with Crippen molar-refractivity contribution in [2.24, 2.45) is 4.99 Å². The second kappa shape index (κ2) is 4.21. The van der Waals surface area contributed by atoms with Crippen LogP contribution in [0, 0.1) is 0 Å². The number of H-pyrrole nitrogens is 1. The van der Waals surface area contributed by atoms with Crippen LogP contribution in [-0.4, -0.2) is 10.8 Å². The molecule has 0 spiro atoms. The Hall–Kier alpha value is -3.07. The first-order chi connectivity index (χ1) is 10.9. The minimum absolute atomic E-state index is 0.863. The summed E-state index contributed by atoms with van der Waals surface area (Å²) in [6, 6.07) is 22.9. The maximum atomic E-state index is 4.80. The molecule has 0 unspecified atom stereocenters. The number of rotatable bonds is 1. The molecular formula is C19H13N3. The number of hydrogen-bond donors (Lipinski definition) is 2. The van der Waals surface area contributed by atoms with Gasteiger partial charge < -0.3 is 10.3 Å². The third-order valence-electron chi connectivity index (χ3n) is 4.15. The molecule has 0 aliphatic carbocycles. The van der Waals surface area contributed by atoms with Gasteiger partial charge in [-0.1, -0.05) is 42.5 Å². The largest absolute Gasteiger partial charge is 0.352 e. The number of hydrogen-bond acceptors (Lipinski definition) is 2. The molecule has 0 radical (unpaired) electrons. The number of para-hydroxylation sites is 1. The summed E-state index contributed by atoms with van der Waals surface area (Å²) in [4.78, 5) is 8.24. The Bertz CT molecular complexity index is 1020. The summed E-state index contributed by atoms with van der Waals surface area (Å²) in [6.07, 6.45) is 0. The molecule has 2 N–H and O–H groups in total. The molecule has 0 bridgehead atoms. The zero-order valence-electron chi connectivity index (χ0n) is 11.8. The number of benzene rings is 3. The molecule has 0 saturated carbocycles. The fraction of sp³-hybridized carbons (Fsp3) is 0. The van der Waals surface area contributed by atoms with Crippen molar-refractivity contribution in [1.82, 2.24) is 4.98 Å². The number of aliphatic imine (C=N–C) groups is 1. The molecule has 0 saturated heterocycles. The highest BCUT2D eigenvalue weighted by molar-refractivity contribution is 6.19. The van der Waals surface area contributed by atoms with Crippen LogP contribution >= 0.6 is 0 Å². The standard InChI is InChI=1S/C19H13N3/c1-2-8-14-13(5-1)11-17(20-14)19-21-15-9-3-6-12-7-4-10-16(22-19)18(12)15/h1-11,20H,(H,21,22). The van der Waals surface area contributed by atoms with E-state index in [9.17, 15) is 0 Å². The van der Waals surface area contributed by atoms with E-state index in [1.165, 1.54) is 16.2 Å². The van der Waals surface area contributed by atoms with Crippen LogP contribution < -0.4 is 5.32 Å². The van der Waals surface area contributed by atoms with E-state index in [0.29, 0.717) is 0 Å². The highest BCUT2D eigenvalue weighted by atomic mass is 15.0. The summed E-state index contributed by atoms with van der Waals surface area (Å²) in [6.45, 7) is 0. The van der Waals surface area contributed by atoms with Gasteiger partial charge in [0.15, 0.2) is 5.84 Å². The molecule has 2 heterocycles. The molecule has 1 aliphatic rings. The minimum atomic E-state index is 0.863. The summed E-state index contributed by atoms with van der Waals surface area (Å²) < 4.78 is 0. The Balaban J connectivity index is 1.73. The average molecular weight is 283 g/mol. The Kier molecular flexibility index (Phi) is 2.22. The highest BCUT2D eigenvalue weighted by Gasteiger charge is 2.16. The molecule has 1 aromatic heterocycles. The van der Waals surface area contributed by atoms with Gasteiger partial charge in [-0.3, -0.25) is 0 Å². The SMILES string of the molecule is c1ccc2[nH]c(C3=Nc4cccc5cccc(c45)N3)cc2c1. The van der Waals surface area contributed by atoms with Gasteiger partial charge in [-0.15, -0.1) is 0 Å². The fourth-order valence-corrected chi connectivity index (χ4v) is 3.12. The van der Waals surface area contributed by atoms with Gasteiger partial charge in [0.05, 0.1) is 11.4 Å². The molecule has 3 aromatic carbocycles. The van der Waals surface area contributed by atoms with Gasteiger partial charge in [-0.05, 0) is 29.7 Å². The first-order valence-electron chi connectivity index (χ1n) is 7.34. The molecule has 1 aliphatic heterocycles. The molecule has 0 amide bonds. The maximum absolute atomic E-state index is 4.80. The molecule has 104 valence electrons. The summed E-state index contributed by atoms with van der Waals surface area (Å²) in [5.74, 6) is 0.863. The van der Waals surface area contributed by atoms with E-state index in [0.717, 1.165) is 28.4 Å². The predicted molar refractivity (Wildman–Crippen MR) is 92.1 cm³/mol. The normalized spacial score (nSPS) is 13.2. The van der Waals surface area contributed by atoms with Gasteiger partial charge in [0, 0.05) is 22.0 Å². The molecule has 3 heteroatoms. The fourth-order valence-electron chi connectivity index (χ4n) is 3.12. The average Bonchev–Trinajstić information content (AvgIpc) is 2.99. The van der Waals surface area contributed by atoms with E-state index in [4.69, 9.17) is 4.99 Å². The van der Waals surface area contributed by atoms with Crippen LogP contribution in [0.5, 0.6) is 0 Å². The van der Waals surface area contributed by atoms with Crippen LogP contribution in [0.3, 0.4) is 0 Å². The summed E-state index contributed by atoms with van der Waals surface area (Å²) in [5, 5.41) is 7.05. The number of nitrogens with zero attached hydrogens (tertiary/aromatic N) is 1. The Labute approximate surface area is 127 Å². The molecule has 0 atom stereocenters. The van der Waals surface area contributed by atoms with Crippen molar-refractivity contribution in [3.63, 3.8) is 0 Å². The van der Waals surface area contributed by atoms with Crippen molar-refractivity contribution in [2.75, 3.05) is 5.32 Å². The second-order valence-corrected chi connectivity index (χ2v) is 5.54. The zero-order chi connectivity index (χ0) is 14.5. The van der Waals surface area contributed by atoms with Gasteiger partial charge in [-0.25, -0.2) is 4.99 Å². The number of aromatic amines is 1. The Morgan fingerprint density at radius 2 is 1.59 bits per heavy atom. The lowest BCUT2D eigenvalue weighted by atomic mass is 10.1. The van der Waals surface area contributed by atoms with Crippen molar-refractivity contribution in [3.8, 4) is 0 Å². The van der Waals surface area contributed by atoms with E-state index in [-0.39, 0.29) is 0 Å². The topological polar surface area (TPSA) is 40.2 Å². The number of amidine groups is 1. The maximum Gasteiger partial charge on any atom is 0.154 e. The van der Waals surface area contributed by atoms with Crippen LogP contribution in [0.2, 0.25) is 0 Å². The third-order valence-corrected chi connectivity index (χ3v) is 4.15. The molecular weight excluding hydrogens is 270 g/mol. The highest BCUT2D eigenvalue weighted by Crippen LogP contribution is 2.36. The van der Waals surface area contributed by atoms with Gasteiger partial charge in [-0.2, -0.15) is 0 Å². The van der Waals surface area contributed by atoms with Gasteiger partial charge in [0.1, 0.15) is 0 Å². The van der Waals surface area contributed by atoms with Crippen LogP contribution in [0.25, 0.3) is 21.7 Å². The molecule has 22 heavy (non-hydrogen) atoms. The van der Waals surface area contributed by atoms with Gasteiger partial charge >= 0.3 is 0 Å². The predicted octanol–water partition coefficient (Wildman–Crippen LogP) is 4.82. The van der Waals surface area contributed by atoms with E-state index >= 15 is 0 Å². The van der Waals surface area contributed by atoms with Crippen LogP contribution in [-0.2, 0) is 0 Å². The smallest absolute Gasteiger partial charge is 0.154 e. The van der Waals surface area contributed by atoms with Gasteiger partial charge in [0.25, 0.3) is 0 Å². The van der Waals surface area contributed by atoms with E-state index in [1.807, 2.05) is 12.1 Å². The Morgan fingerprint density at radius 1 is 0.773 bits per heavy atom. The second-order valence-electron chi connectivity index (χ2n) is 5.54. The summed E-state index contributed by atoms with van der Waals surface area (Å²) in [7, 11) is 0.